The summed E-state index contributed by atoms with van der Waals surface area (Å²) in [5, 5.41) is 3.92. The molecule has 2 aliphatic heterocycles. The molecule has 2 aliphatic rings. The van der Waals surface area contributed by atoms with E-state index in [1.165, 1.54) is 12.2 Å². The fraction of sp³-hybridized carbons (Fsp3) is 0.917. The van der Waals surface area contributed by atoms with Crippen molar-refractivity contribution in [3.05, 3.63) is 0 Å². The van der Waals surface area contributed by atoms with Gasteiger partial charge in [-0.25, -0.2) is 0 Å². The number of nitrogens with one attached hydrogen (secondary N) is 1. The monoisotopic (exact) mass is 258 g/mol. The normalized spacial score (nSPS) is 34.8. The van der Waals surface area contributed by atoms with Gasteiger partial charge in [0.2, 0.25) is 0 Å². The molecule has 3 atom stereocenters. The van der Waals surface area contributed by atoms with Gasteiger partial charge >= 0.3 is 5.97 Å². The summed E-state index contributed by atoms with van der Waals surface area (Å²) in [6.45, 7) is 7.27. The molecular weight excluding hydrogens is 236 g/mol. The summed E-state index contributed by atoms with van der Waals surface area (Å²) in [7, 11) is 0. The van der Waals surface area contributed by atoms with E-state index in [1.54, 1.807) is 0 Å². The fourth-order valence-electron chi connectivity index (χ4n) is 2.73. The first kappa shape index (κ1) is 13.2. The largest absolute Gasteiger partial charge is 0.465 e. The van der Waals surface area contributed by atoms with E-state index in [-0.39, 0.29) is 12.0 Å². The minimum Gasteiger partial charge on any atom is -0.465 e. The fourth-order valence-corrected chi connectivity index (χ4v) is 3.99. The maximum atomic E-state index is 12.0. The van der Waals surface area contributed by atoms with Gasteiger partial charge in [-0.3, -0.25) is 9.69 Å². The van der Waals surface area contributed by atoms with Gasteiger partial charge in [-0.05, 0) is 19.1 Å². The van der Waals surface area contributed by atoms with Crippen LogP contribution < -0.4 is 5.32 Å². The Labute approximate surface area is 107 Å². The minimum absolute atomic E-state index is 0.0659. The van der Waals surface area contributed by atoms with Crippen molar-refractivity contribution in [2.45, 2.75) is 37.6 Å². The van der Waals surface area contributed by atoms with Crippen molar-refractivity contribution in [3.8, 4) is 0 Å². The summed E-state index contributed by atoms with van der Waals surface area (Å²) in [4.78, 5) is 14.3. The van der Waals surface area contributed by atoms with Crippen molar-refractivity contribution in [1.82, 2.24) is 10.2 Å². The molecule has 1 N–H and O–H groups in total. The van der Waals surface area contributed by atoms with Crippen LogP contribution >= 0.6 is 11.8 Å². The molecule has 2 heterocycles. The minimum atomic E-state index is -0.0881. The molecule has 0 radical (unpaired) electrons. The second kappa shape index (κ2) is 6.07. The van der Waals surface area contributed by atoms with Crippen molar-refractivity contribution < 1.29 is 9.53 Å². The van der Waals surface area contributed by atoms with Crippen molar-refractivity contribution >= 4 is 17.7 Å². The summed E-state index contributed by atoms with van der Waals surface area (Å²) in [5.74, 6) is 1.15. The van der Waals surface area contributed by atoms with Gasteiger partial charge in [-0.15, -0.1) is 0 Å². The molecule has 5 heteroatoms. The van der Waals surface area contributed by atoms with E-state index in [2.05, 4.69) is 17.1 Å². The molecular formula is C12H22N2O2S. The van der Waals surface area contributed by atoms with Crippen LogP contribution in [0.3, 0.4) is 0 Å². The standard InChI is InChI=1S/C12H22N2O2S/c1-3-16-12(15)11-8-13-5-6-14(11)10-4-7-17-9(10)2/h9-11,13H,3-8H2,1-2H3. The molecule has 0 spiro atoms. The number of hydrogen-bond acceptors (Lipinski definition) is 5. The molecule has 98 valence electrons. The maximum absolute atomic E-state index is 12.0. The van der Waals surface area contributed by atoms with E-state index in [0.29, 0.717) is 17.9 Å². The van der Waals surface area contributed by atoms with Crippen LogP contribution in [0.4, 0.5) is 0 Å². The van der Waals surface area contributed by atoms with Gasteiger partial charge in [0.05, 0.1) is 6.61 Å². The zero-order chi connectivity index (χ0) is 12.3. The Hall–Kier alpha value is -0.260. The molecule has 2 saturated heterocycles. The van der Waals surface area contributed by atoms with Crippen LogP contribution in [0.5, 0.6) is 0 Å². The molecule has 2 rings (SSSR count). The first-order valence-corrected chi connectivity index (χ1v) is 7.53. The first-order valence-electron chi connectivity index (χ1n) is 6.48. The Morgan fingerprint density at radius 3 is 3.06 bits per heavy atom. The van der Waals surface area contributed by atoms with E-state index in [4.69, 9.17) is 4.74 Å². The van der Waals surface area contributed by atoms with Gasteiger partial charge < -0.3 is 10.1 Å². The SMILES string of the molecule is CCOC(=O)C1CNCCN1C1CCSC1C. The van der Waals surface area contributed by atoms with Crippen molar-refractivity contribution in [1.29, 1.82) is 0 Å². The number of rotatable bonds is 3. The average Bonchev–Trinajstić information content (AvgIpc) is 2.76. The molecule has 3 unspecified atom stereocenters. The molecule has 2 fully saturated rings. The second-order valence-electron chi connectivity index (χ2n) is 4.64. The van der Waals surface area contributed by atoms with Crippen molar-refractivity contribution in [3.63, 3.8) is 0 Å². The van der Waals surface area contributed by atoms with Gasteiger partial charge in [-0.1, -0.05) is 6.92 Å². The lowest BCUT2D eigenvalue weighted by Gasteiger charge is -2.39. The molecule has 0 amide bonds. The van der Waals surface area contributed by atoms with E-state index in [0.717, 1.165) is 19.6 Å². The molecule has 0 aromatic heterocycles. The van der Waals surface area contributed by atoms with Crippen LogP contribution in [0.1, 0.15) is 20.3 Å². The summed E-state index contributed by atoms with van der Waals surface area (Å²) < 4.78 is 5.18. The highest BCUT2D eigenvalue weighted by Gasteiger charge is 2.38. The van der Waals surface area contributed by atoms with Crippen LogP contribution in [0.15, 0.2) is 0 Å². The Morgan fingerprint density at radius 2 is 2.41 bits per heavy atom. The predicted octanol–water partition coefficient (Wildman–Crippen LogP) is 0.717. The number of thioether (sulfide) groups is 1. The van der Waals surface area contributed by atoms with Gasteiger partial charge in [0.25, 0.3) is 0 Å². The summed E-state index contributed by atoms with van der Waals surface area (Å²) in [6.07, 6.45) is 1.20. The quantitative estimate of drug-likeness (QED) is 0.755. The van der Waals surface area contributed by atoms with E-state index in [9.17, 15) is 4.79 Å². The first-order chi connectivity index (χ1) is 8.24. The van der Waals surface area contributed by atoms with E-state index in [1.807, 2.05) is 18.7 Å². The third kappa shape index (κ3) is 2.95. The van der Waals surface area contributed by atoms with Crippen molar-refractivity contribution in [2.24, 2.45) is 0 Å². The van der Waals surface area contributed by atoms with Crippen LogP contribution in [0.25, 0.3) is 0 Å². The van der Waals surface area contributed by atoms with Crippen LogP contribution in [-0.2, 0) is 9.53 Å². The highest BCUT2D eigenvalue weighted by Crippen LogP contribution is 2.31. The lowest BCUT2D eigenvalue weighted by molar-refractivity contribution is -0.151. The van der Waals surface area contributed by atoms with Gasteiger partial charge in [0, 0.05) is 30.9 Å². The lowest BCUT2D eigenvalue weighted by Crippen LogP contribution is -2.59. The number of nitrogens with zero attached hydrogens (tertiary/aromatic N) is 1. The number of hydrogen-bond donors (Lipinski definition) is 1. The molecule has 0 aromatic rings. The van der Waals surface area contributed by atoms with Crippen LogP contribution in [0, 0.1) is 0 Å². The van der Waals surface area contributed by atoms with Gasteiger partial charge in [0.15, 0.2) is 0 Å². The number of esters is 1. The molecule has 0 aliphatic carbocycles. The zero-order valence-corrected chi connectivity index (χ0v) is 11.5. The topological polar surface area (TPSA) is 41.6 Å². The Morgan fingerprint density at radius 1 is 1.59 bits per heavy atom. The Bertz CT molecular complexity index is 275. The average molecular weight is 258 g/mol. The number of ether oxygens (including phenoxy) is 1. The molecule has 0 saturated carbocycles. The third-order valence-electron chi connectivity index (χ3n) is 3.61. The van der Waals surface area contributed by atoms with Crippen LogP contribution in [-0.4, -0.2) is 60.2 Å². The van der Waals surface area contributed by atoms with E-state index < -0.39 is 0 Å². The number of carbonyl (C=O) groups is 1. The summed E-state index contributed by atoms with van der Waals surface area (Å²) in [5.41, 5.74) is 0. The summed E-state index contributed by atoms with van der Waals surface area (Å²) in [6, 6.07) is 0.450. The van der Waals surface area contributed by atoms with Gasteiger partial charge in [-0.2, -0.15) is 11.8 Å². The number of carbonyl (C=O) groups excluding carboxylic acids is 1. The zero-order valence-electron chi connectivity index (χ0n) is 10.6. The Balaban J connectivity index is 2.03. The highest BCUT2D eigenvalue weighted by molar-refractivity contribution is 8.00. The molecule has 17 heavy (non-hydrogen) atoms. The number of piperazine rings is 1. The van der Waals surface area contributed by atoms with Crippen LogP contribution in [0.2, 0.25) is 0 Å². The lowest BCUT2D eigenvalue weighted by atomic mass is 10.1. The predicted molar refractivity (Wildman–Crippen MR) is 70.3 cm³/mol. The molecule has 4 nitrogen and oxygen atoms in total. The Kier molecular flexibility index (Phi) is 4.70. The smallest absolute Gasteiger partial charge is 0.324 e. The second-order valence-corrected chi connectivity index (χ2v) is 6.13. The van der Waals surface area contributed by atoms with Gasteiger partial charge in [0.1, 0.15) is 6.04 Å². The van der Waals surface area contributed by atoms with Crippen molar-refractivity contribution in [2.75, 3.05) is 32.0 Å². The van der Waals surface area contributed by atoms with E-state index >= 15 is 0 Å². The maximum Gasteiger partial charge on any atom is 0.324 e. The summed E-state index contributed by atoms with van der Waals surface area (Å²) >= 11 is 2.01. The third-order valence-corrected chi connectivity index (χ3v) is 4.92. The molecule has 0 aromatic carbocycles. The molecule has 0 bridgehead atoms. The highest BCUT2D eigenvalue weighted by atomic mass is 32.2.